The highest BCUT2D eigenvalue weighted by molar-refractivity contribution is 7.99. The van der Waals surface area contributed by atoms with Crippen LogP contribution in [0.5, 0.6) is 11.5 Å². The van der Waals surface area contributed by atoms with E-state index in [9.17, 15) is 18.0 Å². The maximum absolute atomic E-state index is 12.9. The normalized spacial score (nSPS) is 11.2. The highest BCUT2D eigenvalue weighted by Gasteiger charge is 2.30. The van der Waals surface area contributed by atoms with E-state index in [1.165, 1.54) is 23.9 Å². The van der Waals surface area contributed by atoms with Gasteiger partial charge >= 0.3 is 6.18 Å². The summed E-state index contributed by atoms with van der Waals surface area (Å²) in [6.45, 7) is 6.27. The average Bonchev–Trinajstić information content (AvgIpc) is 3.19. The monoisotopic (exact) mass is 492 g/mol. The molecule has 1 aromatic heterocycles. The lowest BCUT2D eigenvalue weighted by Crippen LogP contribution is -2.15. The molecule has 1 amide bonds. The third-order valence-corrected chi connectivity index (χ3v) is 5.39. The minimum Gasteiger partial charge on any atom is -0.492 e. The fourth-order valence-corrected chi connectivity index (χ4v) is 3.69. The number of ether oxygens (including phenoxy) is 2. The molecule has 7 nitrogen and oxygen atoms in total. The summed E-state index contributed by atoms with van der Waals surface area (Å²) in [6.07, 6.45) is -2.84. The molecule has 0 saturated heterocycles. The quantitative estimate of drug-likeness (QED) is 0.293. The van der Waals surface area contributed by atoms with Gasteiger partial charge in [-0.05, 0) is 37.3 Å². The first-order valence-corrected chi connectivity index (χ1v) is 11.3. The zero-order chi connectivity index (χ0) is 24.6. The summed E-state index contributed by atoms with van der Waals surface area (Å²) in [7, 11) is 0. The van der Waals surface area contributed by atoms with Crippen LogP contribution in [0.4, 0.5) is 18.9 Å². The van der Waals surface area contributed by atoms with Crippen molar-refractivity contribution in [1.29, 1.82) is 0 Å². The molecule has 34 heavy (non-hydrogen) atoms. The second-order valence-electron chi connectivity index (χ2n) is 6.88. The van der Waals surface area contributed by atoms with Gasteiger partial charge in [-0.25, -0.2) is 0 Å². The molecule has 1 N–H and O–H groups in total. The number of hydrogen-bond donors (Lipinski definition) is 1. The highest BCUT2D eigenvalue weighted by atomic mass is 32.2. The summed E-state index contributed by atoms with van der Waals surface area (Å²) in [5.41, 5.74) is -0.233. The molecule has 0 unspecified atom stereocenters. The molecule has 0 spiro atoms. The van der Waals surface area contributed by atoms with Gasteiger partial charge in [-0.2, -0.15) is 13.2 Å². The van der Waals surface area contributed by atoms with Gasteiger partial charge in [0.2, 0.25) is 5.91 Å². The van der Waals surface area contributed by atoms with E-state index in [-0.39, 0.29) is 24.0 Å². The van der Waals surface area contributed by atoms with Crippen molar-refractivity contribution in [1.82, 2.24) is 14.8 Å². The first-order valence-electron chi connectivity index (χ1n) is 10.3. The summed E-state index contributed by atoms with van der Waals surface area (Å²) in [5.74, 6) is 0.829. The number of anilines is 1. The number of alkyl halides is 3. The lowest BCUT2D eigenvalue weighted by atomic mass is 10.2. The first-order chi connectivity index (χ1) is 16.3. The molecule has 180 valence electrons. The van der Waals surface area contributed by atoms with E-state index in [2.05, 4.69) is 22.1 Å². The van der Waals surface area contributed by atoms with Crippen molar-refractivity contribution in [3.8, 4) is 11.5 Å². The zero-order valence-electron chi connectivity index (χ0n) is 18.3. The maximum Gasteiger partial charge on any atom is 0.416 e. The first kappa shape index (κ1) is 25.2. The Morgan fingerprint density at radius 3 is 2.71 bits per heavy atom. The van der Waals surface area contributed by atoms with Crippen LogP contribution in [0.15, 0.2) is 66.3 Å². The SMILES string of the molecule is C=CCn1c(COc2cccc(C(F)(F)F)c2)nnc1SCC(=O)Nc1ccccc1OCC. The molecule has 2 aromatic carbocycles. The third kappa shape index (κ3) is 6.77. The Morgan fingerprint density at radius 1 is 1.18 bits per heavy atom. The number of benzene rings is 2. The predicted molar refractivity (Wildman–Crippen MR) is 123 cm³/mol. The fraction of sp³-hybridized carbons (Fsp3) is 0.261. The van der Waals surface area contributed by atoms with Crippen LogP contribution in [-0.4, -0.2) is 33.0 Å². The van der Waals surface area contributed by atoms with E-state index in [4.69, 9.17) is 9.47 Å². The number of thioether (sulfide) groups is 1. The fourth-order valence-electron chi connectivity index (χ4n) is 2.92. The summed E-state index contributed by atoms with van der Waals surface area (Å²) in [5, 5.41) is 11.4. The number of nitrogens with one attached hydrogen (secondary N) is 1. The molecule has 0 aliphatic rings. The van der Waals surface area contributed by atoms with Gasteiger partial charge in [-0.15, -0.1) is 16.8 Å². The molecule has 0 radical (unpaired) electrons. The highest BCUT2D eigenvalue weighted by Crippen LogP contribution is 2.31. The lowest BCUT2D eigenvalue weighted by molar-refractivity contribution is -0.137. The van der Waals surface area contributed by atoms with E-state index in [1.54, 1.807) is 28.8 Å². The molecular weight excluding hydrogens is 469 g/mol. The Kier molecular flexibility index (Phi) is 8.58. The average molecular weight is 493 g/mol. The third-order valence-electron chi connectivity index (χ3n) is 4.43. The Bertz CT molecular complexity index is 1130. The van der Waals surface area contributed by atoms with Gasteiger partial charge in [0, 0.05) is 6.54 Å². The van der Waals surface area contributed by atoms with Crippen molar-refractivity contribution in [2.24, 2.45) is 0 Å². The van der Waals surface area contributed by atoms with Crippen LogP contribution in [-0.2, 0) is 24.1 Å². The summed E-state index contributed by atoms with van der Waals surface area (Å²) in [4.78, 5) is 12.5. The Labute approximate surface area is 199 Å². The van der Waals surface area contributed by atoms with Gasteiger partial charge in [-0.3, -0.25) is 9.36 Å². The van der Waals surface area contributed by atoms with E-state index < -0.39 is 11.7 Å². The minimum atomic E-state index is -4.46. The van der Waals surface area contributed by atoms with Crippen LogP contribution in [0.3, 0.4) is 0 Å². The van der Waals surface area contributed by atoms with Crippen LogP contribution in [0, 0.1) is 0 Å². The molecule has 0 atom stereocenters. The number of rotatable bonds is 11. The summed E-state index contributed by atoms with van der Waals surface area (Å²) < 4.78 is 51.4. The van der Waals surface area contributed by atoms with Crippen LogP contribution in [0.1, 0.15) is 18.3 Å². The molecule has 0 aliphatic carbocycles. The van der Waals surface area contributed by atoms with E-state index >= 15 is 0 Å². The zero-order valence-corrected chi connectivity index (χ0v) is 19.2. The number of halogens is 3. The number of nitrogens with zero attached hydrogens (tertiary/aromatic N) is 3. The van der Waals surface area contributed by atoms with E-state index in [1.807, 2.05) is 13.0 Å². The number of aromatic nitrogens is 3. The van der Waals surface area contributed by atoms with Crippen LogP contribution in [0.25, 0.3) is 0 Å². The molecule has 0 fully saturated rings. The van der Waals surface area contributed by atoms with Gasteiger partial charge in [0.05, 0.1) is 23.6 Å². The molecule has 3 aromatic rings. The van der Waals surface area contributed by atoms with Gasteiger partial charge in [-0.1, -0.05) is 36.0 Å². The Hall–Kier alpha value is -3.47. The molecule has 0 bridgehead atoms. The second kappa shape index (κ2) is 11.6. The van der Waals surface area contributed by atoms with E-state index in [0.29, 0.717) is 35.6 Å². The van der Waals surface area contributed by atoms with E-state index in [0.717, 1.165) is 12.1 Å². The second-order valence-corrected chi connectivity index (χ2v) is 7.82. The molecule has 3 rings (SSSR count). The maximum atomic E-state index is 12.9. The summed E-state index contributed by atoms with van der Waals surface area (Å²) in [6, 6.07) is 11.7. The largest absolute Gasteiger partial charge is 0.492 e. The van der Waals surface area contributed by atoms with Gasteiger partial charge in [0.25, 0.3) is 0 Å². The molecule has 1 heterocycles. The molecular formula is C23H23F3N4O3S. The van der Waals surface area contributed by atoms with Crippen molar-refractivity contribution in [2.75, 3.05) is 17.7 Å². The lowest BCUT2D eigenvalue weighted by Gasteiger charge is -2.12. The molecule has 0 saturated carbocycles. The van der Waals surface area contributed by atoms with Crippen LogP contribution >= 0.6 is 11.8 Å². The number of amides is 1. The van der Waals surface area contributed by atoms with Crippen molar-refractivity contribution < 1.29 is 27.4 Å². The Morgan fingerprint density at radius 2 is 1.97 bits per heavy atom. The van der Waals surface area contributed by atoms with Gasteiger partial charge in [0.1, 0.15) is 18.1 Å². The van der Waals surface area contributed by atoms with Gasteiger partial charge in [0.15, 0.2) is 11.0 Å². The van der Waals surface area contributed by atoms with Crippen LogP contribution < -0.4 is 14.8 Å². The minimum absolute atomic E-state index is 0.0597. The number of para-hydroxylation sites is 2. The number of carbonyl (C=O) groups is 1. The number of hydrogen-bond acceptors (Lipinski definition) is 6. The standard InChI is InChI=1S/C23H23F3N4O3S/c1-3-12-30-20(14-33-17-9-7-8-16(13-17)23(24,25)26)28-29-22(30)34-15-21(31)27-18-10-5-6-11-19(18)32-4-2/h3,5-11,13H,1,4,12,14-15H2,2H3,(H,27,31). The Balaban J connectivity index is 1.64. The van der Waals surface area contributed by atoms with Crippen molar-refractivity contribution in [2.45, 2.75) is 31.4 Å². The van der Waals surface area contributed by atoms with Crippen molar-refractivity contribution >= 4 is 23.4 Å². The smallest absolute Gasteiger partial charge is 0.416 e. The van der Waals surface area contributed by atoms with Crippen molar-refractivity contribution in [3.05, 3.63) is 72.6 Å². The van der Waals surface area contributed by atoms with Crippen LogP contribution in [0.2, 0.25) is 0 Å². The number of allylic oxidation sites excluding steroid dienone is 1. The predicted octanol–water partition coefficient (Wildman–Crippen LogP) is 5.19. The van der Waals surface area contributed by atoms with Gasteiger partial charge < -0.3 is 14.8 Å². The number of carbonyl (C=O) groups excluding carboxylic acids is 1. The molecule has 11 heteroatoms. The topological polar surface area (TPSA) is 78.3 Å². The van der Waals surface area contributed by atoms with Crippen molar-refractivity contribution in [3.63, 3.8) is 0 Å². The molecule has 0 aliphatic heterocycles. The summed E-state index contributed by atoms with van der Waals surface area (Å²) >= 11 is 1.17.